The van der Waals surface area contributed by atoms with E-state index in [9.17, 15) is 4.79 Å². The molecule has 0 bridgehead atoms. The van der Waals surface area contributed by atoms with Crippen molar-refractivity contribution in [2.45, 2.75) is 6.42 Å². The summed E-state index contributed by atoms with van der Waals surface area (Å²) in [4.78, 5) is 12.3. The second-order valence-corrected chi connectivity index (χ2v) is 6.52. The van der Waals surface area contributed by atoms with Gasteiger partial charge in [0, 0.05) is 6.54 Å². The van der Waals surface area contributed by atoms with Gasteiger partial charge in [-0.05, 0) is 48.4 Å². The number of urea groups is 1. The number of rotatable bonds is 6. The van der Waals surface area contributed by atoms with Crippen molar-refractivity contribution in [1.29, 1.82) is 0 Å². The minimum Gasteiger partial charge on any atom is -0.486 e. The number of anilines is 1. The minimum atomic E-state index is -0.286. The Morgan fingerprint density at radius 2 is 1.66 bits per heavy atom. The Morgan fingerprint density at radius 1 is 0.897 bits per heavy atom. The summed E-state index contributed by atoms with van der Waals surface area (Å²) >= 11 is 0. The molecular formula is C23H22N2O4. The average molecular weight is 390 g/mol. The molecule has 3 aromatic carbocycles. The van der Waals surface area contributed by atoms with Crippen molar-refractivity contribution >= 4 is 11.7 Å². The van der Waals surface area contributed by atoms with Crippen LogP contribution < -0.4 is 24.8 Å². The van der Waals surface area contributed by atoms with E-state index >= 15 is 0 Å². The number of para-hydroxylation sites is 3. The maximum Gasteiger partial charge on any atom is 0.319 e. The summed E-state index contributed by atoms with van der Waals surface area (Å²) in [6, 6.07) is 22.3. The quantitative estimate of drug-likeness (QED) is 0.645. The molecule has 0 fully saturated rings. The molecule has 0 atom stereocenters. The molecule has 29 heavy (non-hydrogen) atoms. The summed E-state index contributed by atoms with van der Waals surface area (Å²) in [5.41, 5.74) is 1.68. The number of amides is 2. The second kappa shape index (κ2) is 9.01. The molecule has 6 nitrogen and oxygen atoms in total. The molecule has 0 aliphatic carbocycles. The number of hydrogen-bond acceptors (Lipinski definition) is 4. The monoisotopic (exact) mass is 390 g/mol. The predicted molar refractivity (Wildman–Crippen MR) is 111 cm³/mol. The largest absolute Gasteiger partial charge is 0.486 e. The third-order valence-electron chi connectivity index (χ3n) is 4.41. The Balaban J connectivity index is 1.31. The normalized spacial score (nSPS) is 12.1. The summed E-state index contributed by atoms with van der Waals surface area (Å²) in [6.07, 6.45) is 0.687. The summed E-state index contributed by atoms with van der Waals surface area (Å²) < 4.78 is 17.0. The lowest BCUT2D eigenvalue weighted by molar-refractivity contribution is 0.171. The zero-order valence-corrected chi connectivity index (χ0v) is 15.9. The Hall–Kier alpha value is -3.67. The molecule has 0 saturated heterocycles. The SMILES string of the molecule is O=C(NCCc1ccc2c(c1)OCCO2)Nc1ccccc1Oc1ccccc1. The van der Waals surface area contributed by atoms with Crippen LogP contribution in [-0.2, 0) is 6.42 Å². The lowest BCUT2D eigenvalue weighted by atomic mass is 10.1. The van der Waals surface area contributed by atoms with Crippen molar-refractivity contribution in [2.24, 2.45) is 0 Å². The van der Waals surface area contributed by atoms with E-state index in [-0.39, 0.29) is 6.03 Å². The molecule has 1 aliphatic heterocycles. The highest BCUT2D eigenvalue weighted by atomic mass is 16.6. The van der Waals surface area contributed by atoms with E-state index in [1.54, 1.807) is 6.07 Å². The standard InChI is InChI=1S/C23H22N2O4/c26-23(24-13-12-17-10-11-21-22(16-17)28-15-14-27-21)25-19-8-4-5-9-20(19)29-18-6-2-1-3-7-18/h1-11,16H,12-15H2,(H2,24,25,26). The fourth-order valence-corrected chi connectivity index (χ4v) is 3.00. The van der Waals surface area contributed by atoms with Crippen LogP contribution in [0.5, 0.6) is 23.0 Å². The molecule has 0 aromatic heterocycles. The number of ether oxygens (including phenoxy) is 3. The van der Waals surface area contributed by atoms with Crippen molar-refractivity contribution in [2.75, 3.05) is 25.1 Å². The van der Waals surface area contributed by atoms with Crippen LogP contribution in [0, 0.1) is 0 Å². The van der Waals surface area contributed by atoms with Crippen molar-refractivity contribution in [1.82, 2.24) is 5.32 Å². The first-order chi connectivity index (χ1) is 14.3. The van der Waals surface area contributed by atoms with E-state index in [1.807, 2.05) is 66.7 Å². The summed E-state index contributed by atoms with van der Waals surface area (Å²) in [5, 5.41) is 5.72. The van der Waals surface area contributed by atoms with Gasteiger partial charge in [0.25, 0.3) is 0 Å². The van der Waals surface area contributed by atoms with Crippen molar-refractivity contribution < 1.29 is 19.0 Å². The first-order valence-corrected chi connectivity index (χ1v) is 9.53. The zero-order valence-electron chi connectivity index (χ0n) is 15.9. The van der Waals surface area contributed by atoms with E-state index in [0.717, 1.165) is 17.1 Å². The molecule has 6 heteroatoms. The van der Waals surface area contributed by atoms with Gasteiger partial charge >= 0.3 is 6.03 Å². The number of fused-ring (bicyclic) bond motifs is 1. The third kappa shape index (κ3) is 4.99. The van der Waals surface area contributed by atoms with Gasteiger partial charge in [-0.3, -0.25) is 0 Å². The van der Waals surface area contributed by atoms with E-state index in [4.69, 9.17) is 14.2 Å². The highest BCUT2D eigenvalue weighted by molar-refractivity contribution is 5.90. The number of nitrogens with one attached hydrogen (secondary N) is 2. The zero-order chi connectivity index (χ0) is 19.9. The number of hydrogen-bond donors (Lipinski definition) is 2. The summed E-state index contributed by atoms with van der Waals surface area (Å²) in [5.74, 6) is 2.81. The molecule has 3 aromatic rings. The lowest BCUT2D eigenvalue weighted by Crippen LogP contribution is -2.30. The van der Waals surface area contributed by atoms with Gasteiger partial charge in [-0.1, -0.05) is 36.4 Å². The third-order valence-corrected chi connectivity index (χ3v) is 4.41. The van der Waals surface area contributed by atoms with Crippen LogP contribution in [0.3, 0.4) is 0 Å². The average Bonchev–Trinajstić information content (AvgIpc) is 2.76. The number of carbonyl (C=O) groups excluding carboxylic acids is 1. The maximum atomic E-state index is 12.3. The molecule has 148 valence electrons. The van der Waals surface area contributed by atoms with Gasteiger partial charge in [-0.25, -0.2) is 4.79 Å². The molecule has 0 saturated carbocycles. The van der Waals surface area contributed by atoms with Gasteiger partial charge in [-0.2, -0.15) is 0 Å². The van der Waals surface area contributed by atoms with Crippen LogP contribution in [-0.4, -0.2) is 25.8 Å². The molecule has 0 spiro atoms. The van der Waals surface area contributed by atoms with Crippen LogP contribution in [0.4, 0.5) is 10.5 Å². The highest BCUT2D eigenvalue weighted by Crippen LogP contribution is 2.31. The molecule has 0 unspecified atom stereocenters. The Bertz CT molecular complexity index is 976. The fraction of sp³-hybridized carbons (Fsp3) is 0.174. The van der Waals surface area contributed by atoms with Gasteiger partial charge in [0.2, 0.25) is 0 Å². The second-order valence-electron chi connectivity index (χ2n) is 6.52. The van der Waals surface area contributed by atoms with Crippen LogP contribution in [0.25, 0.3) is 0 Å². The summed E-state index contributed by atoms with van der Waals surface area (Å²) in [7, 11) is 0. The molecule has 0 radical (unpaired) electrons. The topological polar surface area (TPSA) is 68.8 Å². The van der Waals surface area contributed by atoms with E-state index in [1.165, 1.54) is 0 Å². The van der Waals surface area contributed by atoms with Gasteiger partial charge in [0.15, 0.2) is 17.2 Å². The molecule has 4 rings (SSSR count). The van der Waals surface area contributed by atoms with Gasteiger partial charge in [0.1, 0.15) is 19.0 Å². The fourth-order valence-electron chi connectivity index (χ4n) is 3.00. The van der Waals surface area contributed by atoms with Crippen LogP contribution in [0.1, 0.15) is 5.56 Å². The molecule has 2 N–H and O–H groups in total. The van der Waals surface area contributed by atoms with Gasteiger partial charge in [-0.15, -0.1) is 0 Å². The Morgan fingerprint density at radius 3 is 2.52 bits per heavy atom. The highest BCUT2D eigenvalue weighted by Gasteiger charge is 2.12. The van der Waals surface area contributed by atoms with Gasteiger partial charge in [0.05, 0.1) is 5.69 Å². The number of carbonyl (C=O) groups is 1. The first kappa shape index (κ1) is 18.7. The van der Waals surface area contributed by atoms with Crippen LogP contribution in [0.15, 0.2) is 72.8 Å². The van der Waals surface area contributed by atoms with Crippen molar-refractivity contribution in [3.63, 3.8) is 0 Å². The van der Waals surface area contributed by atoms with E-state index < -0.39 is 0 Å². The Labute approximate surface area is 169 Å². The molecule has 2 amide bonds. The molecular weight excluding hydrogens is 368 g/mol. The molecule has 1 aliphatic rings. The Kier molecular flexibility index (Phi) is 5.81. The predicted octanol–water partition coefficient (Wildman–Crippen LogP) is 4.61. The van der Waals surface area contributed by atoms with Crippen molar-refractivity contribution in [3.8, 4) is 23.0 Å². The van der Waals surface area contributed by atoms with E-state index in [0.29, 0.717) is 43.4 Å². The summed E-state index contributed by atoms with van der Waals surface area (Å²) in [6.45, 7) is 1.62. The maximum absolute atomic E-state index is 12.3. The smallest absolute Gasteiger partial charge is 0.319 e. The van der Waals surface area contributed by atoms with Crippen LogP contribution >= 0.6 is 0 Å². The number of benzene rings is 3. The van der Waals surface area contributed by atoms with Gasteiger partial charge < -0.3 is 24.8 Å². The lowest BCUT2D eigenvalue weighted by Gasteiger charge is -2.19. The van der Waals surface area contributed by atoms with E-state index in [2.05, 4.69) is 10.6 Å². The van der Waals surface area contributed by atoms with Crippen molar-refractivity contribution in [3.05, 3.63) is 78.4 Å². The first-order valence-electron chi connectivity index (χ1n) is 9.53. The molecule has 1 heterocycles. The van der Waals surface area contributed by atoms with Crippen LogP contribution in [0.2, 0.25) is 0 Å². The minimum absolute atomic E-state index is 0.286.